The van der Waals surface area contributed by atoms with Gasteiger partial charge in [0.15, 0.2) is 0 Å². The van der Waals surface area contributed by atoms with E-state index in [1.807, 2.05) is 12.1 Å². The van der Waals surface area contributed by atoms with Gasteiger partial charge in [0.2, 0.25) is 0 Å². The van der Waals surface area contributed by atoms with Gasteiger partial charge in [0.1, 0.15) is 0 Å². The minimum absolute atomic E-state index is 0.306. The maximum absolute atomic E-state index is 10.7. The van der Waals surface area contributed by atoms with Crippen LogP contribution in [0.25, 0.3) is 0 Å². The fraction of sp³-hybridized carbons (Fsp3) is 0.300. The topological polar surface area (TPSA) is 26.3 Å². The van der Waals surface area contributed by atoms with Gasteiger partial charge in [-0.25, -0.2) is 0 Å². The zero-order valence-corrected chi connectivity index (χ0v) is 11.6. The molecule has 0 aliphatic heterocycles. The minimum atomic E-state index is 0.306. The molecule has 76 valence electrons. The summed E-state index contributed by atoms with van der Waals surface area (Å²) >= 11 is 0.943. The monoisotopic (exact) mass is 326 g/mol. The molecule has 0 aliphatic rings. The Hall–Kier alpha value is -0.271. The van der Waals surface area contributed by atoms with Gasteiger partial charge in [-0.05, 0) is 0 Å². The van der Waals surface area contributed by atoms with Crippen LogP contribution in [0.4, 0.5) is 0 Å². The van der Waals surface area contributed by atoms with E-state index >= 15 is 0 Å². The van der Waals surface area contributed by atoms with E-state index in [1.165, 1.54) is 4.46 Å². The Morgan fingerprint density at radius 2 is 2.00 bits per heavy atom. The molecule has 0 heterocycles. The molecular weight excluding hydrogens is 312 g/mol. The SMILES string of the molecule is COc1ccc([Se][Se][13CH2][13C](C)=O)cc1. The molecule has 0 unspecified atom stereocenters. The molecule has 2 nitrogen and oxygen atoms in total. The summed E-state index contributed by atoms with van der Waals surface area (Å²) in [5, 5.41) is 0.763. The number of hydrogen-bond acceptors (Lipinski definition) is 2. The summed E-state index contributed by atoms with van der Waals surface area (Å²) < 4.78 is 6.42. The second-order valence-corrected chi connectivity index (χ2v) is 9.55. The molecule has 1 aromatic carbocycles. The Bertz CT molecular complexity index is 295. The van der Waals surface area contributed by atoms with Crippen LogP contribution < -0.4 is 9.20 Å². The third kappa shape index (κ3) is 4.30. The molecule has 0 bridgehead atoms. The molecule has 0 spiro atoms. The number of rotatable bonds is 5. The molecule has 0 aromatic heterocycles. The van der Waals surface area contributed by atoms with E-state index in [0.29, 0.717) is 32.0 Å². The summed E-state index contributed by atoms with van der Waals surface area (Å²) in [6.07, 6.45) is 0. The molecule has 0 N–H and O–H groups in total. The Balaban J connectivity index is 2.40. The Morgan fingerprint density at radius 3 is 2.50 bits per heavy atom. The van der Waals surface area contributed by atoms with E-state index < -0.39 is 0 Å². The second kappa shape index (κ2) is 6.26. The van der Waals surface area contributed by atoms with Gasteiger partial charge in [-0.3, -0.25) is 0 Å². The third-order valence-corrected chi connectivity index (χ3v) is 8.47. The van der Waals surface area contributed by atoms with Gasteiger partial charge in [0.05, 0.1) is 0 Å². The second-order valence-electron chi connectivity index (χ2n) is 2.72. The van der Waals surface area contributed by atoms with Crippen molar-refractivity contribution in [2.45, 2.75) is 12.2 Å². The average Bonchev–Trinajstić information content (AvgIpc) is 2.18. The van der Waals surface area contributed by atoms with Crippen LogP contribution in [0.3, 0.4) is 0 Å². The molecule has 1 rings (SSSR count). The van der Waals surface area contributed by atoms with Crippen LogP contribution in [-0.2, 0) is 4.79 Å². The van der Waals surface area contributed by atoms with Crippen LogP contribution in [0.15, 0.2) is 24.3 Å². The molecule has 0 saturated heterocycles. The first-order valence-corrected chi connectivity index (χ1v) is 10.6. The standard InChI is InChI=1S/C10H12O2Se2/c1-8(11)7-13-14-10-5-3-9(12-2)4-6-10/h3-6H,7H2,1-2H3/i7+1,8+1. The number of carbonyl (C=O) groups is 1. The molecule has 0 aliphatic carbocycles. The van der Waals surface area contributed by atoms with Gasteiger partial charge < -0.3 is 0 Å². The molecule has 0 saturated carbocycles. The number of ketones is 1. The van der Waals surface area contributed by atoms with Crippen molar-refractivity contribution >= 4 is 36.5 Å². The zero-order chi connectivity index (χ0) is 10.4. The van der Waals surface area contributed by atoms with E-state index in [4.69, 9.17) is 4.74 Å². The van der Waals surface area contributed by atoms with Crippen molar-refractivity contribution in [2.24, 2.45) is 0 Å². The molecule has 0 atom stereocenters. The van der Waals surface area contributed by atoms with Gasteiger partial charge in [-0.1, -0.05) is 0 Å². The maximum atomic E-state index is 10.7. The first-order valence-electron chi connectivity index (χ1n) is 4.15. The fourth-order valence-electron chi connectivity index (χ4n) is 0.812. The van der Waals surface area contributed by atoms with Gasteiger partial charge in [-0.2, -0.15) is 0 Å². The van der Waals surface area contributed by atoms with Gasteiger partial charge in [0.25, 0.3) is 0 Å². The van der Waals surface area contributed by atoms with Crippen LogP contribution in [0.5, 0.6) is 5.75 Å². The van der Waals surface area contributed by atoms with Gasteiger partial charge in [-0.15, -0.1) is 0 Å². The summed E-state index contributed by atoms with van der Waals surface area (Å²) in [5.74, 6) is 1.20. The quantitative estimate of drug-likeness (QED) is 0.587. The molecule has 14 heavy (non-hydrogen) atoms. The van der Waals surface area contributed by atoms with Crippen molar-refractivity contribution in [2.75, 3.05) is 7.11 Å². The number of benzene rings is 1. The number of methoxy groups -OCH3 is 1. The van der Waals surface area contributed by atoms with Crippen LogP contribution in [-0.4, -0.2) is 39.2 Å². The normalized spacial score (nSPS) is 9.86. The van der Waals surface area contributed by atoms with Gasteiger partial charge in [0, 0.05) is 0 Å². The van der Waals surface area contributed by atoms with Crippen molar-refractivity contribution in [3.63, 3.8) is 0 Å². The number of Topliss-reactive ketones (excluding diaryl/α,β-unsaturated/α-hetero) is 1. The molecule has 4 heteroatoms. The van der Waals surface area contributed by atoms with Crippen LogP contribution in [0, 0.1) is 0 Å². The summed E-state index contributed by atoms with van der Waals surface area (Å²) in [6.45, 7) is 1.66. The number of ether oxygens (including phenoxy) is 1. The predicted octanol–water partition coefficient (Wildman–Crippen LogP) is 0.651. The first-order chi connectivity index (χ1) is 6.72. The molecule has 1 aromatic rings. The fourth-order valence-corrected chi connectivity index (χ4v) is 7.23. The van der Waals surface area contributed by atoms with E-state index in [-0.39, 0.29) is 0 Å². The molecular formula is C10H12O2Se2. The van der Waals surface area contributed by atoms with Gasteiger partial charge >= 0.3 is 95.4 Å². The zero-order valence-electron chi connectivity index (χ0n) is 8.15. The van der Waals surface area contributed by atoms with E-state index in [2.05, 4.69) is 12.1 Å². The van der Waals surface area contributed by atoms with E-state index in [1.54, 1.807) is 14.0 Å². The third-order valence-electron chi connectivity index (χ3n) is 1.48. The van der Waals surface area contributed by atoms with E-state index in [0.717, 1.165) is 11.1 Å². The summed E-state index contributed by atoms with van der Waals surface area (Å²) in [5.41, 5.74) is 0. The van der Waals surface area contributed by atoms with Crippen molar-refractivity contribution in [3.05, 3.63) is 24.3 Å². The molecule has 0 radical (unpaired) electrons. The predicted molar refractivity (Wildman–Crippen MR) is 59.6 cm³/mol. The Labute approximate surface area is 95.3 Å². The van der Waals surface area contributed by atoms with E-state index in [9.17, 15) is 4.79 Å². The van der Waals surface area contributed by atoms with Crippen LogP contribution in [0.2, 0.25) is 5.32 Å². The first kappa shape index (κ1) is 11.8. The summed E-state index contributed by atoms with van der Waals surface area (Å²) in [7, 11) is 1.67. The van der Waals surface area contributed by atoms with Crippen molar-refractivity contribution < 1.29 is 9.53 Å². The summed E-state index contributed by atoms with van der Waals surface area (Å²) in [6, 6.07) is 8.11. The Morgan fingerprint density at radius 1 is 1.36 bits per heavy atom. The average molecular weight is 324 g/mol. The van der Waals surface area contributed by atoms with Crippen molar-refractivity contribution in [3.8, 4) is 5.75 Å². The van der Waals surface area contributed by atoms with Crippen LogP contribution in [0.1, 0.15) is 6.92 Å². The number of hydrogen-bond donors (Lipinski definition) is 0. The molecule has 0 amide bonds. The van der Waals surface area contributed by atoms with Crippen LogP contribution >= 0.6 is 0 Å². The number of carbonyl (C=O) groups excluding carboxylic acids is 1. The molecule has 0 fully saturated rings. The Kier molecular flexibility index (Phi) is 5.27. The van der Waals surface area contributed by atoms with Crippen molar-refractivity contribution in [1.82, 2.24) is 0 Å². The van der Waals surface area contributed by atoms with Crippen molar-refractivity contribution in [1.29, 1.82) is 0 Å². The summed E-state index contributed by atoms with van der Waals surface area (Å²) in [4.78, 5) is 10.7.